The first-order chi connectivity index (χ1) is 12.5. The Hall–Kier alpha value is -2.04. The van der Waals surface area contributed by atoms with Crippen LogP contribution < -0.4 is 5.73 Å². The zero-order valence-corrected chi connectivity index (χ0v) is 16.1. The highest BCUT2D eigenvalue weighted by Crippen LogP contribution is 2.31. The third-order valence-corrected chi connectivity index (χ3v) is 5.82. The van der Waals surface area contributed by atoms with E-state index in [-0.39, 0.29) is 0 Å². The summed E-state index contributed by atoms with van der Waals surface area (Å²) in [5.74, 6) is 0. The van der Waals surface area contributed by atoms with Gasteiger partial charge >= 0.3 is 0 Å². The molecule has 26 heavy (non-hydrogen) atoms. The van der Waals surface area contributed by atoms with Crippen LogP contribution in [0.1, 0.15) is 38.8 Å². The number of fused-ring (bicyclic) bond motifs is 1. The lowest BCUT2D eigenvalue weighted by molar-refractivity contribution is 0.0937. The number of nitrogen functional groups attached to an aromatic ring is 1. The van der Waals surface area contributed by atoms with Crippen LogP contribution >= 0.6 is 11.6 Å². The van der Waals surface area contributed by atoms with Crippen molar-refractivity contribution >= 4 is 22.9 Å². The molecule has 136 valence electrons. The van der Waals surface area contributed by atoms with Crippen LogP contribution in [0.3, 0.4) is 0 Å². The molecule has 1 fully saturated rings. The normalized spacial score (nSPS) is 21.3. The van der Waals surface area contributed by atoms with Crippen molar-refractivity contribution in [2.24, 2.45) is 0 Å². The Balaban J connectivity index is 1.83. The lowest BCUT2D eigenvalue weighted by Crippen LogP contribution is -2.43. The fourth-order valence-electron chi connectivity index (χ4n) is 4.06. The van der Waals surface area contributed by atoms with Gasteiger partial charge in [0.15, 0.2) is 0 Å². The maximum absolute atomic E-state index is 6.08. The van der Waals surface area contributed by atoms with E-state index in [4.69, 9.17) is 22.3 Å². The minimum absolute atomic E-state index is 0.573. The summed E-state index contributed by atoms with van der Waals surface area (Å²) in [6.07, 6.45) is 5.79. The summed E-state index contributed by atoms with van der Waals surface area (Å²) in [7, 11) is 0. The first-order valence-corrected chi connectivity index (χ1v) is 9.69. The third-order valence-electron chi connectivity index (χ3n) is 5.57. The third kappa shape index (κ3) is 3.19. The van der Waals surface area contributed by atoms with Gasteiger partial charge < -0.3 is 10.1 Å². The Morgan fingerprint density at radius 2 is 1.77 bits per heavy atom. The molecule has 0 radical (unpaired) electrons. The molecular formula is C21H25ClN4. The number of benzene rings is 1. The number of nitrogens with two attached hydrogens (primary N) is 1. The van der Waals surface area contributed by atoms with Gasteiger partial charge in [0.25, 0.3) is 0 Å². The van der Waals surface area contributed by atoms with Crippen molar-refractivity contribution < 1.29 is 0 Å². The van der Waals surface area contributed by atoms with E-state index in [0.717, 1.165) is 34.2 Å². The molecule has 4 rings (SSSR count). The molecule has 1 aliphatic rings. The second-order valence-electron chi connectivity index (χ2n) is 7.41. The van der Waals surface area contributed by atoms with E-state index in [1.54, 1.807) is 0 Å². The van der Waals surface area contributed by atoms with Gasteiger partial charge in [-0.15, -0.1) is 0 Å². The topological polar surface area (TPSA) is 46.6 Å². The largest absolute Gasteiger partial charge is 0.398 e. The fourth-order valence-corrected chi connectivity index (χ4v) is 4.19. The molecule has 2 aromatic heterocycles. The standard InChI is InChI=1S/C21H25ClN4/c1-14-4-3-5-15(2)25(14)13-19-21(16-6-8-17(22)9-7-16)24-20-11-10-18(23)12-26(19)20/h6-12,14-15H,3-5,13,23H2,1-2H3. The number of piperidine rings is 1. The number of halogens is 1. The number of rotatable bonds is 3. The van der Waals surface area contributed by atoms with E-state index in [0.29, 0.717) is 12.1 Å². The van der Waals surface area contributed by atoms with E-state index in [2.05, 4.69) is 23.1 Å². The molecule has 5 heteroatoms. The summed E-state index contributed by atoms with van der Waals surface area (Å²) in [5, 5.41) is 0.738. The highest BCUT2D eigenvalue weighted by Gasteiger charge is 2.27. The highest BCUT2D eigenvalue weighted by molar-refractivity contribution is 6.30. The molecule has 0 amide bonds. The number of hydrogen-bond donors (Lipinski definition) is 1. The van der Waals surface area contributed by atoms with Gasteiger partial charge in [0, 0.05) is 41.1 Å². The minimum atomic E-state index is 0.573. The average Bonchev–Trinajstić information content (AvgIpc) is 2.96. The van der Waals surface area contributed by atoms with Gasteiger partial charge in [-0.2, -0.15) is 0 Å². The molecule has 0 saturated carbocycles. The van der Waals surface area contributed by atoms with Gasteiger partial charge in [-0.1, -0.05) is 30.2 Å². The van der Waals surface area contributed by atoms with Crippen molar-refractivity contribution in [2.75, 3.05) is 5.73 Å². The molecule has 1 saturated heterocycles. The Morgan fingerprint density at radius 1 is 1.08 bits per heavy atom. The molecule has 3 aromatic rings. The molecule has 2 N–H and O–H groups in total. The van der Waals surface area contributed by atoms with E-state index in [1.807, 2.05) is 42.6 Å². The van der Waals surface area contributed by atoms with Crippen LogP contribution in [0.5, 0.6) is 0 Å². The summed E-state index contributed by atoms with van der Waals surface area (Å²) in [6, 6.07) is 13.0. The minimum Gasteiger partial charge on any atom is -0.398 e. The highest BCUT2D eigenvalue weighted by atomic mass is 35.5. The number of aromatic nitrogens is 2. The molecule has 1 aliphatic heterocycles. The molecule has 4 nitrogen and oxygen atoms in total. The van der Waals surface area contributed by atoms with Crippen LogP contribution in [0.4, 0.5) is 5.69 Å². The van der Waals surface area contributed by atoms with Crippen LogP contribution in [-0.4, -0.2) is 26.4 Å². The van der Waals surface area contributed by atoms with Gasteiger partial charge in [-0.05, 0) is 51.0 Å². The van der Waals surface area contributed by atoms with E-state index < -0.39 is 0 Å². The maximum Gasteiger partial charge on any atom is 0.137 e. The van der Waals surface area contributed by atoms with Gasteiger partial charge in [0.2, 0.25) is 0 Å². The van der Waals surface area contributed by atoms with Crippen molar-refractivity contribution in [3.05, 3.63) is 53.3 Å². The first-order valence-electron chi connectivity index (χ1n) is 9.31. The number of imidazole rings is 1. The Labute approximate surface area is 159 Å². The summed E-state index contributed by atoms with van der Waals surface area (Å²) < 4.78 is 2.15. The molecule has 0 aliphatic carbocycles. The molecule has 1 aromatic carbocycles. The summed E-state index contributed by atoms with van der Waals surface area (Å²) in [6.45, 7) is 5.52. The van der Waals surface area contributed by atoms with Gasteiger partial charge in [-0.3, -0.25) is 4.90 Å². The lowest BCUT2D eigenvalue weighted by atomic mass is 9.97. The van der Waals surface area contributed by atoms with Crippen molar-refractivity contribution in [1.29, 1.82) is 0 Å². The van der Waals surface area contributed by atoms with E-state index in [1.165, 1.54) is 25.0 Å². The molecule has 0 spiro atoms. The average molecular weight is 369 g/mol. The summed E-state index contributed by atoms with van der Waals surface area (Å²) >= 11 is 6.08. The van der Waals surface area contributed by atoms with Gasteiger partial charge in [0.05, 0.1) is 11.4 Å². The van der Waals surface area contributed by atoms with E-state index >= 15 is 0 Å². The second-order valence-corrected chi connectivity index (χ2v) is 7.84. The van der Waals surface area contributed by atoms with Crippen molar-refractivity contribution in [1.82, 2.24) is 14.3 Å². The van der Waals surface area contributed by atoms with Crippen LogP contribution in [0.15, 0.2) is 42.6 Å². The number of hydrogen-bond acceptors (Lipinski definition) is 3. The first kappa shape index (κ1) is 17.4. The predicted molar refractivity (Wildman–Crippen MR) is 108 cm³/mol. The smallest absolute Gasteiger partial charge is 0.137 e. The number of nitrogens with zero attached hydrogens (tertiary/aromatic N) is 3. The van der Waals surface area contributed by atoms with Gasteiger partial charge in [-0.25, -0.2) is 4.98 Å². The van der Waals surface area contributed by atoms with Crippen molar-refractivity contribution in [3.63, 3.8) is 0 Å². The Morgan fingerprint density at radius 3 is 2.46 bits per heavy atom. The van der Waals surface area contributed by atoms with Gasteiger partial charge in [0.1, 0.15) is 5.65 Å². The van der Waals surface area contributed by atoms with Crippen LogP contribution in [0.25, 0.3) is 16.9 Å². The molecule has 2 unspecified atom stereocenters. The zero-order chi connectivity index (χ0) is 18.3. The van der Waals surface area contributed by atoms with E-state index in [9.17, 15) is 0 Å². The van der Waals surface area contributed by atoms with Crippen LogP contribution in [0.2, 0.25) is 5.02 Å². The second kappa shape index (κ2) is 6.93. The number of pyridine rings is 1. The lowest BCUT2D eigenvalue weighted by Gasteiger charge is -2.39. The fraction of sp³-hybridized carbons (Fsp3) is 0.381. The Kier molecular flexibility index (Phi) is 4.63. The number of anilines is 1. The van der Waals surface area contributed by atoms with Crippen LogP contribution in [0, 0.1) is 0 Å². The molecule has 0 bridgehead atoms. The number of likely N-dealkylation sites (tertiary alicyclic amines) is 1. The zero-order valence-electron chi connectivity index (χ0n) is 15.3. The molecular weight excluding hydrogens is 344 g/mol. The van der Waals surface area contributed by atoms with Crippen molar-refractivity contribution in [3.8, 4) is 11.3 Å². The SMILES string of the molecule is CC1CCCC(C)N1Cc1c(-c2ccc(Cl)cc2)nc2ccc(N)cn12. The van der Waals surface area contributed by atoms with Crippen LogP contribution in [-0.2, 0) is 6.54 Å². The monoisotopic (exact) mass is 368 g/mol. The Bertz CT molecular complexity index is 906. The summed E-state index contributed by atoms with van der Waals surface area (Å²) in [4.78, 5) is 7.50. The molecule has 2 atom stereocenters. The maximum atomic E-state index is 6.08. The molecule has 3 heterocycles. The summed E-state index contributed by atoms with van der Waals surface area (Å²) in [5.41, 5.74) is 11.0. The van der Waals surface area contributed by atoms with Crippen molar-refractivity contribution in [2.45, 2.75) is 51.7 Å². The predicted octanol–water partition coefficient (Wildman–Crippen LogP) is 5.00. The quantitative estimate of drug-likeness (QED) is 0.707.